The molecule has 0 fully saturated rings. The molecule has 0 unspecified atom stereocenters. The van der Waals surface area contributed by atoms with E-state index in [1.807, 2.05) is 18.2 Å². The van der Waals surface area contributed by atoms with E-state index in [0.717, 1.165) is 28.4 Å². The summed E-state index contributed by atoms with van der Waals surface area (Å²) in [6.07, 6.45) is 0. The molecule has 92 valence electrons. The van der Waals surface area contributed by atoms with Gasteiger partial charge >= 0.3 is 0 Å². The first-order valence-electron chi connectivity index (χ1n) is 5.87. The molecule has 1 N–H and O–H groups in total. The molecule has 1 aromatic rings. The molecule has 2 nitrogen and oxygen atoms in total. The molecule has 0 aliphatic heterocycles. The van der Waals surface area contributed by atoms with Crippen molar-refractivity contribution in [2.45, 2.75) is 32.6 Å². The Hall–Kier alpha value is -1.14. The summed E-state index contributed by atoms with van der Waals surface area (Å²) in [5, 5.41) is 12.6. The molecule has 0 heterocycles. The Morgan fingerprint density at radius 3 is 2.59 bits per heavy atom. The van der Waals surface area contributed by atoms with Crippen molar-refractivity contribution in [3.63, 3.8) is 0 Å². The van der Waals surface area contributed by atoms with E-state index in [9.17, 15) is 5.26 Å². The van der Waals surface area contributed by atoms with Gasteiger partial charge in [0.15, 0.2) is 0 Å². The van der Waals surface area contributed by atoms with Crippen LogP contribution in [-0.4, -0.2) is 12.3 Å². The number of nitrogens with zero attached hydrogens (tertiary/aromatic N) is 1. The van der Waals surface area contributed by atoms with Gasteiger partial charge in [-0.15, -0.1) is 11.8 Å². The lowest BCUT2D eigenvalue weighted by molar-refractivity contribution is 0.443. The quantitative estimate of drug-likeness (QED) is 0.814. The maximum atomic E-state index is 9.25. The molecule has 0 aromatic heterocycles. The summed E-state index contributed by atoms with van der Waals surface area (Å²) >= 11 is 1.71. The third-order valence-corrected chi connectivity index (χ3v) is 3.19. The Labute approximate surface area is 108 Å². The highest BCUT2D eigenvalue weighted by Crippen LogP contribution is 2.28. The number of thioether (sulfide) groups is 1. The van der Waals surface area contributed by atoms with Gasteiger partial charge in [-0.2, -0.15) is 5.26 Å². The molecule has 0 saturated heterocycles. The third kappa shape index (κ3) is 4.32. The molecule has 0 amide bonds. The van der Waals surface area contributed by atoms with Gasteiger partial charge in [0.2, 0.25) is 0 Å². The minimum atomic E-state index is 0.209. The van der Waals surface area contributed by atoms with Gasteiger partial charge in [-0.1, -0.05) is 33.8 Å². The van der Waals surface area contributed by atoms with Crippen LogP contribution in [0.1, 0.15) is 33.3 Å². The number of anilines is 1. The summed E-state index contributed by atoms with van der Waals surface area (Å²) in [6, 6.07) is 8.29. The summed E-state index contributed by atoms with van der Waals surface area (Å²) in [5.41, 5.74) is 1.92. The van der Waals surface area contributed by atoms with Crippen LogP contribution in [0, 0.1) is 16.7 Å². The molecule has 1 aromatic carbocycles. The second-order valence-electron chi connectivity index (χ2n) is 5.14. The monoisotopic (exact) mass is 248 g/mol. The molecular weight excluding hydrogens is 228 g/mol. The largest absolute Gasteiger partial charge is 0.383 e. The van der Waals surface area contributed by atoms with Gasteiger partial charge in [-0.05, 0) is 23.3 Å². The van der Waals surface area contributed by atoms with E-state index >= 15 is 0 Å². The van der Waals surface area contributed by atoms with Gasteiger partial charge in [-0.3, -0.25) is 0 Å². The average molecular weight is 248 g/mol. The zero-order valence-corrected chi connectivity index (χ0v) is 11.8. The second-order valence-corrected chi connectivity index (χ2v) is 6.44. The Kier molecular flexibility index (Phi) is 4.89. The number of hydrogen-bond acceptors (Lipinski definition) is 3. The maximum absolute atomic E-state index is 9.25. The van der Waals surface area contributed by atoms with Crippen LogP contribution >= 0.6 is 11.8 Å². The van der Waals surface area contributed by atoms with Crippen LogP contribution < -0.4 is 5.32 Å². The van der Waals surface area contributed by atoms with Crippen molar-refractivity contribution in [3.8, 4) is 6.07 Å². The molecular formula is C14H20N2S. The highest BCUT2D eigenvalue weighted by molar-refractivity contribution is 7.99. The minimum absolute atomic E-state index is 0.209. The van der Waals surface area contributed by atoms with Crippen LogP contribution in [0.3, 0.4) is 0 Å². The Morgan fingerprint density at radius 2 is 2.06 bits per heavy atom. The van der Waals surface area contributed by atoms with E-state index in [2.05, 4.69) is 39.1 Å². The van der Waals surface area contributed by atoms with Gasteiger partial charge in [0.05, 0.1) is 11.3 Å². The first-order valence-corrected chi connectivity index (χ1v) is 6.86. The molecule has 0 saturated carbocycles. The molecule has 0 aliphatic carbocycles. The van der Waals surface area contributed by atoms with Crippen molar-refractivity contribution in [2.75, 3.05) is 17.6 Å². The fraction of sp³-hybridized carbons (Fsp3) is 0.500. The Morgan fingerprint density at radius 1 is 1.35 bits per heavy atom. The maximum Gasteiger partial charge on any atom is 0.102 e. The third-order valence-electron chi connectivity index (χ3n) is 2.25. The summed E-state index contributed by atoms with van der Waals surface area (Å²) in [7, 11) is 0. The van der Waals surface area contributed by atoms with Gasteiger partial charge in [-0.25, -0.2) is 0 Å². The molecule has 0 radical (unpaired) electrons. The lowest BCUT2D eigenvalue weighted by Crippen LogP contribution is -2.19. The van der Waals surface area contributed by atoms with E-state index in [4.69, 9.17) is 0 Å². The molecule has 0 atom stereocenters. The first-order chi connectivity index (χ1) is 7.98. The average Bonchev–Trinajstić information content (AvgIpc) is 2.26. The van der Waals surface area contributed by atoms with E-state index < -0.39 is 0 Å². The Balaban J connectivity index is 2.92. The molecule has 0 aliphatic rings. The fourth-order valence-corrected chi connectivity index (χ4v) is 2.22. The zero-order valence-electron chi connectivity index (χ0n) is 11.0. The highest BCUT2D eigenvalue weighted by Gasteiger charge is 2.12. The standard InChI is InChI=1S/C14H20N2S/c1-5-17-13-8-6-7-12(11(13)9-15)16-10-14(2,3)4/h6-8,16H,5,10H2,1-4H3. The number of rotatable bonds is 4. The summed E-state index contributed by atoms with van der Waals surface area (Å²) in [5.74, 6) is 0.984. The highest BCUT2D eigenvalue weighted by atomic mass is 32.2. The predicted molar refractivity (Wildman–Crippen MR) is 75.5 cm³/mol. The second kappa shape index (κ2) is 5.97. The zero-order chi connectivity index (χ0) is 12.9. The molecule has 0 spiro atoms. The summed E-state index contributed by atoms with van der Waals surface area (Å²) < 4.78 is 0. The van der Waals surface area contributed by atoms with E-state index in [1.54, 1.807) is 11.8 Å². The first kappa shape index (κ1) is 13.9. The summed E-state index contributed by atoms with van der Waals surface area (Å²) in [4.78, 5) is 1.06. The van der Waals surface area contributed by atoms with Gasteiger partial charge in [0, 0.05) is 11.4 Å². The van der Waals surface area contributed by atoms with Crippen LogP contribution in [-0.2, 0) is 0 Å². The van der Waals surface area contributed by atoms with Crippen molar-refractivity contribution in [1.29, 1.82) is 5.26 Å². The fourth-order valence-electron chi connectivity index (χ4n) is 1.43. The number of hydrogen-bond donors (Lipinski definition) is 1. The van der Waals surface area contributed by atoms with E-state index in [0.29, 0.717) is 0 Å². The predicted octanol–water partition coefficient (Wildman–Crippen LogP) is 4.13. The van der Waals surface area contributed by atoms with Crippen molar-refractivity contribution in [2.24, 2.45) is 5.41 Å². The van der Waals surface area contributed by atoms with Crippen molar-refractivity contribution in [3.05, 3.63) is 23.8 Å². The van der Waals surface area contributed by atoms with Crippen molar-refractivity contribution < 1.29 is 0 Å². The van der Waals surface area contributed by atoms with E-state index in [1.165, 1.54) is 0 Å². The molecule has 3 heteroatoms. The number of nitriles is 1. The van der Waals surface area contributed by atoms with Gasteiger partial charge in [0.25, 0.3) is 0 Å². The van der Waals surface area contributed by atoms with Crippen molar-refractivity contribution >= 4 is 17.4 Å². The lowest BCUT2D eigenvalue weighted by Gasteiger charge is -2.20. The van der Waals surface area contributed by atoms with E-state index in [-0.39, 0.29) is 5.41 Å². The molecule has 0 bridgehead atoms. The smallest absolute Gasteiger partial charge is 0.102 e. The van der Waals surface area contributed by atoms with Crippen LogP contribution in [0.4, 0.5) is 5.69 Å². The Bertz CT molecular complexity index is 413. The van der Waals surface area contributed by atoms with Crippen LogP contribution in [0.15, 0.2) is 23.1 Å². The van der Waals surface area contributed by atoms with Gasteiger partial charge < -0.3 is 5.32 Å². The topological polar surface area (TPSA) is 35.8 Å². The summed E-state index contributed by atoms with van der Waals surface area (Å²) in [6.45, 7) is 9.49. The normalized spacial score (nSPS) is 11.0. The van der Waals surface area contributed by atoms with Crippen LogP contribution in [0.5, 0.6) is 0 Å². The SMILES string of the molecule is CCSc1cccc(NCC(C)(C)C)c1C#N. The van der Waals surface area contributed by atoms with Crippen LogP contribution in [0.25, 0.3) is 0 Å². The number of nitrogens with one attached hydrogen (secondary N) is 1. The minimum Gasteiger partial charge on any atom is -0.383 e. The van der Waals surface area contributed by atoms with Crippen molar-refractivity contribution in [1.82, 2.24) is 0 Å². The van der Waals surface area contributed by atoms with Gasteiger partial charge in [0.1, 0.15) is 6.07 Å². The molecule has 1 rings (SSSR count). The number of benzene rings is 1. The molecule has 17 heavy (non-hydrogen) atoms. The lowest BCUT2D eigenvalue weighted by atomic mass is 9.97. The van der Waals surface area contributed by atoms with Crippen LogP contribution in [0.2, 0.25) is 0 Å².